The summed E-state index contributed by atoms with van der Waals surface area (Å²) >= 11 is 0. The molecule has 4 rings (SSSR count). The molecule has 1 unspecified atom stereocenters. The second-order valence-corrected chi connectivity index (χ2v) is 9.44. The average Bonchev–Trinajstić information content (AvgIpc) is 3.55. The quantitative estimate of drug-likeness (QED) is 0.680. The van der Waals surface area contributed by atoms with E-state index in [1.165, 1.54) is 12.1 Å². The van der Waals surface area contributed by atoms with Crippen molar-refractivity contribution in [3.05, 3.63) is 29.3 Å². The Kier molecular flexibility index (Phi) is 6.76. The molecule has 34 heavy (non-hydrogen) atoms. The number of nitrogens with zero attached hydrogens (tertiary/aromatic N) is 3. The van der Waals surface area contributed by atoms with Crippen LogP contribution in [-0.2, 0) is 20.5 Å². The molecule has 1 N–H and O–H groups in total. The standard InChI is InChI=1S/C24H29F3N4O3/c1-2-34-14-21(32)30-9-7-23(8-10-30)15-31(13-20(23)22(33)29-17-4-5-17)18-6-3-16(12-28)19(11-18)24(25,26)27/h3,6,11,17,20H,2,4-5,7-10,13-15H2,1H3,(H,29,33). The lowest BCUT2D eigenvalue weighted by atomic mass is 9.70. The number of ether oxygens (including phenoxy) is 1. The second-order valence-electron chi connectivity index (χ2n) is 9.44. The van der Waals surface area contributed by atoms with Crippen LogP contribution in [0.25, 0.3) is 0 Å². The molecule has 0 radical (unpaired) electrons. The number of hydrogen-bond acceptors (Lipinski definition) is 5. The number of anilines is 1. The lowest BCUT2D eigenvalue weighted by Crippen LogP contribution is -2.50. The molecule has 2 amide bonds. The van der Waals surface area contributed by atoms with E-state index in [1.54, 1.807) is 11.0 Å². The van der Waals surface area contributed by atoms with Gasteiger partial charge < -0.3 is 19.9 Å². The number of rotatable bonds is 6. The molecule has 3 aliphatic rings. The van der Waals surface area contributed by atoms with E-state index in [9.17, 15) is 22.8 Å². The number of carbonyl (C=O) groups excluding carboxylic acids is 2. The molecule has 1 aliphatic carbocycles. The number of nitrogens with one attached hydrogen (secondary N) is 1. The van der Waals surface area contributed by atoms with E-state index in [2.05, 4.69) is 5.32 Å². The number of carbonyl (C=O) groups is 2. The fourth-order valence-electron chi connectivity index (χ4n) is 5.11. The van der Waals surface area contributed by atoms with Gasteiger partial charge >= 0.3 is 6.18 Å². The number of hydrogen-bond donors (Lipinski definition) is 1. The van der Waals surface area contributed by atoms with Gasteiger partial charge in [0.15, 0.2) is 0 Å². The highest BCUT2D eigenvalue weighted by molar-refractivity contribution is 5.82. The van der Waals surface area contributed by atoms with Gasteiger partial charge in [0, 0.05) is 49.9 Å². The zero-order valence-electron chi connectivity index (χ0n) is 19.2. The van der Waals surface area contributed by atoms with Gasteiger partial charge in [-0.2, -0.15) is 18.4 Å². The smallest absolute Gasteiger partial charge is 0.372 e. The van der Waals surface area contributed by atoms with Crippen molar-refractivity contribution >= 4 is 17.5 Å². The van der Waals surface area contributed by atoms with Crippen LogP contribution >= 0.6 is 0 Å². The summed E-state index contributed by atoms with van der Waals surface area (Å²) in [5, 5.41) is 12.2. The van der Waals surface area contributed by atoms with Gasteiger partial charge in [-0.1, -0.05) is 0 Å². The Morgan fingerprint density at radius 1 is 1.26 bits per heavy atom. The third-order valence-electron chi connectivity index (χ3n) is 7.22. The number of amides is 2. The minimum Gasteiger partial charge on any atom is -0.372 e. The van der Waals surface area contributed by atoms with Gasteiger partial charge in [-0.25, -0.2) is 0 Å². The number of alkyl halides is 3. The van der Waals surface area contributed by atoms with Crippen LogP contribution in [0, 0.1) is 22.7 Å². The Labute approximate surface area is 196 Å². The summed E-state index contributed by atoms with van der Waals surface area (Å²) in [6.07, 6.45) is -1.58. The average molecular weight is 479 g/mol. The molecule has 10 heteroatoms. The highest BCUT2D eigenvalue weighted by Crippen LogP contribution is 2.47. The van der Waals surface area contributed by atoms with Crippen molar-refractivity contribution in [1.29, 1.82) is 5.26 Å². The number of benzene rings is 1. The van der Waals surface area contributed by atoms with Crippen LogP contribution in [0.2, 0.25) is 0 Å². The molecular weight excluding hydrogens is 449 g/mol. The van der Waals surface area contributed by atoms with Crippen LogP contribution in [0.5, 0.6) is 0 Å². The van der Waals surface area contributed by atoms with Crippen LogP contribution in [0.15, 0.2) is 18.2 Å². The van der Waals surface area contributed by atoms with Crippen molar-refractivity contribution in [1.82, 2.24) is 10.2 Å². The highest BCUT2D eigenvalue weighted by atomic mass is 19.4. The van der Waals surface area contributed by atoms with E-state index < -0.39 is 22.7 Å². The van der Waals surface area contributed by atoms with E-state index in [1.807, 2.05) is 11.8 Å². The monoisotopic (exact) mass is 478 g/mol. The summed E-state index contributed by atoms with van der Waals surface area (Å²) < 4.78 is 45.8. The van der Waals surface area contributed by atoms with Gasteiger partial charge in [-0.15, -0.1) is 0 Å². The predicted octanol–water partition coefficient (Wildman–Crippen LogP) is 2.94. The molecule has 7 nitrogen and oxygen atoms in total. The van der Waals surface area contributed by atoms with E-state index in [0.717, 1.165) is 18.9 Å². The van der Waals surface area contributed by atoms with Crippen molar-refractivity contribution < 1.29 is 27.5 Å². The minimum atomic E-state index is -4.65. The van der Waals surface area contributed by atoms with Gasteiger partial charge in [0.05, 0.1) is 23.1 Å². The first-order chi connectivity index (χ1) is 16.2. The molecule has 2 saturated heterocycles. The normalized spacial score (nSPS) is 22.0. The van der Waals surface area contributed by atoms with Crippen molar-refractivity contribution in [3.8, 4) is 6.07 Å². The SMILES string of the molecule is CCOCC(=O)N1CCC2(CC1)CN(c1ccc(C#N)c(C(F)(F)F)c1)CC2C(=O)NC1CC1. The van der Waals surface area contributed by atoms with Crippen LogP contribution in [0.1, 0.15) is 43.7 Å². The number of piperidine rings is 1. The fourth-order valence-corrected chi connectivity index (χ4v) is 5.11. The highest BCUT2D eigenvalue weighted by Gasteiger charge is 2.52. The third-order valence-corrected chi connectivity index (χ3v) is 7.22. The van der Waals surface area contributed by atoms with E-state index in [0.29, 0.717) is 51.3 Å². The van der Waals surface area contributed by atoms with Crippen LogP contribution in [-0.4, -0.2) is 62.1 Å². The molecule has 1 aromatic carbocycles. The van der Waals surface area contributed by atoms with E-state index >= 15 is 0 Å². The van der Waals surface area contributed by atoms with Crippen molar-refractivity contribution in [2.24, 2.45) is 11.3 Å². The Morgan fingerprint density at radius 3 is 2.56 bits per heavy atom. The predicted molar refractivity (Wildman–Crippen MR) is 118 cm³/mol. The Bertz CT molecular complexity index is 979. The van der Waals surface area contributed by atoms with Crippen LogP contribution in [0.4, 0.5) is 18.9 Å². The van der Waals surface area contributed by atoms with Gasteiger partial charge in [0.25, 0.3) is 0 Å². The molecule has 1 spiro atoms. The van der Waals surface area contributed by atoms with E-state index in [-0.39, 0.29) is 30.4 Å². The number of halogens is 3. The molecule has 3 fully saturated rings. The van der Waals surface area contributed by atoms with Crippen molar-refractivity contribution in [2.75, 3.05) is 44.3 Å². The molecule has 0 aromatic heterocycles. The Balaban J connectivity index is 1.56. The summed E-state index contributed by atoms with van der Waals surface area (Å²) in [5.74, 6) is -0.543. The zero-order chi connectivity index (χ0) is 24.5. The zero-order valence-corrected chi connectivity index (χ0v) is 19.2. The summed E-state index contributed by atoms with van der Waals surface area (Å²) in [4.78, 5) is 29.1. The number of likely N-dealkylation sites (tertiary alicyclic amines) is 1. The van der Waals surface area contributed by atoms with Gasteiger partial charge in [0.1, 0.15) is 6.61 Å². The number of nitriles is 1. The molecule has 1 saturated carbocycles. The lowest BCUT2D eigenvalue weighted by molar-refractivity contribution is -0.139. The lowest BCUT2D eigenvalue weighted by Gasteiger charge is -2.42. The van der Waals surface area contributed by atoms with Crippen molar-refractivity contribution in [3.63, 3.8) is 0 Å². The molecule has 184 valence electrons. The Hall–Kier alpha value is -2.80. The topological polar surface area (TPSA) is 85.7 Å². The van der Waals surface area contributed by atoms with Gasteiger partial charge in [-0.05, 0) is 50.8 Å². The molecule has 2 heterocycles. The summed E-state index contributed by atoms with van der Waals surface area (Å²) in [6.45, 7) is 3.98. The van der Waals surface area contributed by atoms with Gasteiger partial charge in [0.2, 0.25) is 11.8 Å². The van der Waals surface area contributed by atoms with Crippen LogP contribution < -0.4 is 10.2 Å². The first kappa shape index (κ1) is 24.3. The maximum atomic E-state index is 13.5. The fraction of sp³-hybridized carbons (Fsp3) is 0.625. The maximum absolute atomic E-state index is 13.5. The molecule has 1 aromatic rings. The maximum Gasteiger partial charge on any atom is 0.417 e. The van der Waals surface area contributed by atoms with Gasteiger partial charge in [-0.3, -0.25) is 9.59 Å². The summed E-state index contributed by atoms with van der Waals surface area (Å²) in [5.41, 5.74) is -1.48. The first-order valence-corrected chi connectivity index (χ1v) is 11.7. The third kappa shape index (κ3) is 4.99. The van der Waals surface area contributed by atoms with E-state index in [4.69, 9.17) is 10.00 Å². The molecule has 2 aliphatic heterocycles. The molecule has 0 bridgehead atoms. The second kappa shape index (κ2) is 9.45. The molecule has 1 atom stereocenters. The van der Waals surface area contributed by atoms with Crippen LogP contribution in [0.3, 0.4) is 0 Å². The molecular formula is C24H29F3N4O3. The first-order valence-electron chi connectivity index (χ1n) is 11.7. The summed E-state index contributed by atoms with van der Waals surface area (Å²) in [6, 6.07) is 5.51. The largest absolute Gasteiger partial charge is 0.417 e. The summed E-state index contributed by atoms with van der Waals surface area (Å²) in [7, 11) is 0. The minimum absolute atomic E-state index is 0.0205. The van der Waals surface area contributed by atoms with Crippen molar-refractivity contribution in [2.45, 2.75) is 44.8 Å². The Morgan fingerprint density at radius 2 is 1.97 bits per heavy atom.